The molecular weight excluding hydrogens is 259 g/mol. The molecule has 2 heteroatoms. The van der Waals surface area contributed by atoms with E-state index in [2.05, 4.69) is 24.3 Å². The molecule has 1 aliphatic rings. The van der Waals surface area contributed by atoms with E-state index in [1.165, 1.54) is 23.3 Å². The van der Waals surface area contributed by atoms with Gasteiger partial charge in [0, 0.05) is 0 Å². The minimum absolute atomic E-state index is 0.0334. The van der Waals surface area contributed by atoms with Crippen molar-refractivity contribution in [1.29, 1.82) is 0 Å². The molecule has 0 nitrogen and oxygen atoms in total. The lowest BCUT2D eigenvalue weighted by atomic mass is 9.80. The van der Waals surface area contributed by atoms with Gasteiger partial charge in [0.15, 0.2) is 0 Å². The fraction of sp³-hybridized carbons (Fsp3) is 0.294. The summed E-state index contributed by atoms with van der Waals surface area (Å²) in [5.41, 5.74) is 3.88. The number of alkyl halides is 1. The van der Waals surface area contributed by atoms with Crippen molar-refractivity contribution in [3.05, 3.63) is 71.0 Å². The van der Waals surface area contributed by atoms with Crippen LogP contribution >= 0.6 is 11.6 Å². The Morgan fingerprint density at radius 2 is 1.68 bits per heavy atom. The summed E-state index contributed by atoms with van der Waals surface area (Å²) < 4.78 is 12.9. The number of hydrogen-bond acceptors (Lipinski definition) is 0. The highest BCUT2D eigenvalue weighted by atomic mass is 35.5. The summed E-state index contributed by atoms with van der Waals surface area (Å²) in [5, 5.41) is -0.0334. The fourth-order valence-electron chi connectivity index (χ4n) is 2.89. The number of aryl methyl sites for hydroxylation is 1. The van der Waals surface area contributed by atoms with Gasteiger partial charge in [-0.05, 0) is 54.0 Å². The van der Waals surface area contributed by atoms with Crippen LogP contribution in [0.15, 0.2) is 48.5 Å². The molecule has 0 heterocycles. The SMILES string of the molecule is Fc1ccc(C(Cl)C2CCc3ccccc3C2)cc1. The Balaban J connectivity index is 1.79. The predicted molar refractivity (Wildman–Crippen MR) is 77.0 cm³/mol. The van der Waals surface area contributed by atoms with Crippen LogP contribution in [-0.4, -0.2) is 0 Å². The van der Waals surface area contributed by atoms with E-state index in [9.17, 15) is 4.39 Å². The van der Waals surface area contributed by atoms with Gasteiger partial charge in [0.1, 0.15) is 5.82 Å². The molecule has 19 heavy (non-hydrogen) atoms. The van der Waals surface area contributed by atoms with Gasteiger partial charge in [0.05, 0.1) is 5.38 Å². The van der Waals surface area contributed by atoms with Gasteiger partial charge >= 0.3 is 0 Å². The first-order valence-electron chi connectivity index (χ1n) is 6.70. The average molecular weight is 275 g/mol. The van der Waals surface area contributed by atoms with E-state index in [-0.39, 0.29) is 11.2 Å². The summed E-state index contributed by atoms with van der Waals surface area (Å²) in [5.74, 6) is 0.226. The van der Waals surface area contributed by atoms with Crippen molar-refractivity contribution in [2.75, 3.05) is 0 Å². The third-order valence-corrected chi connectivity index (χ3v) is 4.60. The van der Waals surface area contributed by atoms with Crippen LogP contribution in [0.25, 0.3) is 0 Å². The zero-order valence-electron chi connectivity index (χ0n) is 10.7. The molecule has 0 aliphatic heterocycles. The molecule has 0 spiro atoms. The fourth-order valence-corrected chi connectivity index (χ4v) is 3.26. The van der Waals surface area contributed by atoms with Crippen LogP contribution in [-0.2, 0) is 12.8 Å². The number of halogens is 2. The Kier molecular flexibility index (Phi) is 3.56. The lowest BCUT2D eigenvalue weighted by molar-refractivity contribution is 0.443. The molecule has 0 N–H and O–H groups in total. The Morgan fingerprint density at radius 3 is 2.42 bits per heavy atom. The maximum Gasteiger partial charge on any atom is 0.123 e. The van der Waals surface area contributed by atoms with Crippen molar-refractivity contribution >= 4 is 11.6 Å². The molecule has 2 aromatic rings. The number of hydrogen-bond donors (Lipinski definition) is 0. The predicted octanol–water partition coefficient (Wildman–Crippen LogP) is 4.91. The standard InChI is InChI=1S/C17H16ClF/c18-17(13-7-9-16(19)10-8-13)15-6-5-12-3-1-2-4-14(12)11-15/h1-4,7-10,15,17H,5-6,11H2. The van der Waals surface area contributed by atoms with Crippen LogP contribution in [0.5, 0.6) is 0 Å². The third-order valence-electron chi connectivity index (χ3n) is 3.99. The highest BCUT2D eigenvalue weighted by Gasteiger charge is 2.25. The molecule has 2 aromatic carbocycles. The lowest BCUT2D eigenvalue weighted by Gasteiger charge is -2.28. The molecule has 2 unspecified atom stereocenters. The van der Waals surface area contributed by atoms with Crippen molar-refractivity contribution < 1.29 is 4.39 Å². The molecule has 98 valence electrons. The largest absolute Gasteiger partial charge is 0.207 e. The molecule has 1 aliphatic carbocycles. The van der Waals surface area contributed by atoms with E-state index in [0.717, 1.165) is 24.8 Å². The van der Waals surface area contributed by atoms with E-state index in [1.807, 2.05) is 0 Å². The van der Waals surface area contributed by atoms with E-state index in [0.29, 0.717) is 5.92 Å². The van der Waals surface area contributed by atoms with Gasteiger partial charge in [-0.2, -0.15) is 0 Å². The quantitative estimate of drug-likeness (QED) is 0.683. The summed E-state index contributed by atoms with van der Waals surface area (Å²) in [4.78, 5) is 0. The Bertz CT molecular complexity index is 562. The van der Waals surface area contributed by atoms with Gasteiger partial charge in [-0.1, -0.05) is 36.4 Å². The van der Waals surface area contributed by atoms with Crippen molar-refractivity contribution in [3.63, 3.8) is 0 Å². The Morgan fingerprint density at radius 1 is 1.00 bits per heavy atom. The van der Waals surface area contributed by atoms with E-state index < -0.39 is 0 Å². The highest BCUT2D eigenvalue weighted by molar-refractivity contribution is 6.21. The van der Waals surface area contributed by atoms with E-state index >= 15 is 0 Å². The molecule has 0 amide bonds. The smallest absolute Gasteiger partial charge is 0.123 e. The maximum absolute atomic E-state index is 12.9. The molecule has 0 saturated carbocycles. The molecule has 2 atom stereocenters. The minimum Gasteiger partial charge on any atom is -0.207 e. The normalized spacial score (nSPS) is 19.8. The van der Waals surface area contributed by atoms with Crippen molar-refractivity contribution in [1.82, 2.24) is 0 Å². The molecule has 0 saturated heterocycles. The summed E-state index contributed by atoms with van der Waals surface area (Å²) in [6.45, 7) is 0. The first kappa shape index (κ1) is 12.7. The maximum atomic E-state index is 12.9. The highest BCUT2D eigenvalue weighted by Crippen LogP contribution is 2.38. The number of fused-ring (bicyclic) bond motifs is 1. The second-order valence-corrected chi connectivity index (χ2v) is 5.70. The second kappa shape index (κ2) is 5.34. The molecular formula is C17H16ClF. The third kappa shape index (κ3) is 2.66. The zero-order valence-corrected chi connectivity index (χ0v) is 11.4. The van der Waals surface area contributed by atoms with Gasteiger partial charge < -0.3 is 0 Å². The van der Waals surface area contributed by atoms with Gasteiger partial charge in [-0.15, -0.1) is 11.6 Å². The summed E-state index contributed by atoms with van der Waals surface area (Å²) in [6, 6.07) is 15.1. The second-order valence-electron chi connectivity index (χ2n) is 5.22. The van der Waals surface area contributed by atoms with Crippen molar-refractivity contribution in [2.24, 2.45) is 5.92 Å². The minimum atomic E-state index is -0.207. The lowest BCUT2D eigenvalue weighted by Crippen LogP contribution is -2.18. The van der Waals surface area contributed by atoms with Crippen LogP contribution in [0, 0.1) is 11.7 Å². The summed E-state index contributed by atoms with van der Waals surface area (Å²) in [6.07, 6.45) is 3.20. The number of benzene rings is 2. The molecule has 0 bridgehead atoms. The zero-order chi connectivity index (χ0) is 13.2. The molecule has 0 aromatic heterocycles. The van der Waals surface area contributed by atoms with Gasteiger partial charge in [-0.25, -0.2) is 4.39 Å². The molecule has 0 fully saturated rings. The molecule has 0 radical (unpaired) electrons. The van der Waals surface area contributed by atoms with Crippen LogP contribution < -0.4 is 0 Å². The first-order valence-corrected chi connectivity index (χ1v) is 7.14. The van der Waals surface area contributed by atoms with Gasteiger partial charge in [0.2, 0.25) is 0 Å². The topological polar surface area (TPSA) is 0 Å². The Hall–Kier alpha value is -1.34. The first-order chi connectivity index (χ1) is 9.24. The van der Waals surface area contributed by atoms with Crippen LogP contribution in [0.4, 0.5) is 4.39 Å². The Labute approximate surface area is 118 Å². The summed E-state index contributed by atoms with van der Waals surface area (Å²) in [7, 11) is 0. The van der Waals surface area contributed by atoms with Crippen LogP contribution in [0.2, 0.25) is 0 Å². The monoisotopic (exact) mass is 274 g/mol. The van der Waals surface area contributed by atoms with Crippen molar-refractivity contribution in [2.45, 2.75) is 24.6 Å². The van der Waals surface area contributed by atoms with Crippen LogP contribution in [0.1, 0.15) is 28.5 Å². The van der Waals surface area contributed by atoms with Crippen LogP contribution in [0.3, 0.4) is 0 Å². The van der Waals surface area contributed by atoms with Crippen molar-refractivity contribution in [3.8, 4) is 0 Å². The van der Waals surface area contributed by atoms with Gasteiger partial charge in [0.25, 0.3) is 0 Å². The average Bonchev–Trinajstić information content (AvgIpc) is 2.47. The van der Waals surface area contributed by atoms with E-state index in [4.69, 9.17) is 11.6 Å². The number of rotatable bonds is 2. The van der Waals surface area contributed by atoms with Gasteiger partial charge in [-0.3, -0.25) is 0 Å². The molecule has 3 rings (SSSR count). The van der Waals surface area contributed by atoms with E-state index in [1.54, 1.807) is 12.1 Å². The summed E-state index contributed by atoms with van der Waals surface area (Å²) >= 11 is 6.58.